The van der Waals surface area contributed by atoms with E-state index in [0.717, 1.165) is 30.6 Å². The number of carbonyl (C=O) groups is 1. The predicted molar refractivity (Wildman–Crippen MR) is 117 cm³/mol. The number of ether oxygens (including phenoxy) is 1. The number of nitrogens with one attached hydrogen (secondary N) is 1. The first-order chi connectivity index (χ1) is 14.4. The van der Waals surface area contributed by atoms with E-state index in [-0.39, 0.29) is 30.0 Å². The SMILES string of the molecule is C=CCN(Cc1ccc(C(=O)NC[C@@H]2CCCO2)cc1)S(=O)(=O)c1ccc(C)cc1. The fourth-order valence-electron chi connectivity index (χ4n) is 3.33. The van der Waals surface area contributed by atoms with Gasteiger partial charge in [-0.3, -0.25) is 4.79 Å². The molecule has 0 radical (unpaired) electrons. The van der Waals surface area contributed by atoms with Gasteiger partial charge in [0.2, 0.25) is 10.0 Å². The van der Waals surface area contributed by atoms with E-state index in [1.807, 2.05) is 6.92 Å². The molecule has 1 amide bonds. The Morgan fingerprint density at radius 3 is 2.50 bits per heavy atom. The lowest BCUT2D eigenvalue weighted by atomic mass is 10.1. The third-order valence-electron chi connectivity index (χ3n) is 5.08. The molecule has 0 spiro atoms. The van der Waals surface area contributed by atoms with Crippen molar-refractivity contribution in [1.29, 1.82) is 0 Å². The Bertz CT molecular complexity index is 963. The minimum absolute atomic E-state index is 0.0904. The molecule has 1 fully saturated rings. The lowest BCUT2D eigenvalue weighted by Crippen LogP contribution is -2.32. The van der Waals surface area contributed by atoms with Crippen molar-refractivity contribution in [2.45, 2.75) is 37.3 Å². The fourth-order valence-corrected chi connectivity index (χ4v) is 4.73. The molecule has 7 heteroatoms. The molecule has 0 unspecified atom stereocenters. The van der Waals surface area contributed by atoms with Crippen LogP contribution in [0.5, 0.6) is 0 Å². The molecule has 2 aromatic carbocycles. The van der Waals surface area contributed by atoms with E-state index in [2.05, 4.69) is 11.9 Å². The van der Waals surface area contributed by atoms with Crippen LogP contribution in [0.4, 0.5) is 0 Å². The predicted octanol–water partition coefficient (Wildman–Crippen LogP) is 3.28. The molecule has 0 aliphatic carbocycles. The summed E-state index contributed by atoms with van der Waals surface area (Å²) in [6, 6.07) is 13.8. The van der Waals surface area contributed by atoms with Gasteiger partial charge in [0.15, 0.2) is 0 Å². The number of amides is 1. The Kier molecular flexibility index (Phi) is 7.42. The Hall–Kier alpha value is -2.48. The van der Waals surface area contributed by atoms with Gasteiger partial charge < -0.3 is 10.1 Å². The van der Waals surface area contributed by atoms with Crippen LogP contribution in [0.3, 0.4) is 0 Å². The van der Waals surface area contributed by atoms with E-state index in [9.17, 15) is 13.2 Å². The van der Waals surface area contributed by atoms with E-state index in [1.165, 1.54) is 4.31 Å². The molecule has 6 nitrogen and oxygen atoms in total. The molecule has 0 aromatic heterocycles. The lowest BCUT2D eigenvalue weighted by molar-refractivity contribution is 0.0857. The zero-order valence-corrected chi connectivity index (χ0v) is 18.0. The molecule has 160 valence electrons. The number of sulfonamides is 1. The Balaban J connectivity index is 1.67. The summed E-state index contributed by atoms with van der Waals surface area (Å²) in [4.78, 5) is 12.6. The topological polar surface area (TPSA) is 75.7 Å². The molecule has 1 N–H and O–H groups in total. The van der Waals surface area contributed by atoms with Crippen molar-refractivity contribution in [3.63, 3.8) is 0 Å². The Morgan fingerprint density at radius 2 is 1.90 bits per heavy atom. The van der Waals surface area contributed by atoms with Gasteiger partial charge in [-0.25, -0.2) is 8.42 Å². The summed E-state index contributed by atoms with van der Waals surface area (Å²) in [7, 11) is -3.65. The van der Waals surface area contributed by atoms with Crippen molar-refractivity contribution >= 4 is 15.9 Å². The highest BCUT2D eigenvalue weighted by Gasteiger charge is 2.23. The van der Waals surface area contributed by atoms with Gasteiger partial charge in [0.25, 0.3) is 5.91 Å². The monoisotopic (exact) mass is 428 g/mol. The second-order valence-corrected chi connectivity index (χ2v) is 9.38. The molecule has 1 aliphatic heterocycles. The van der Waals surface area contributed by atoms with Crippen LogP contribution in [0.25, 0.3) is 0 Å². The zero-order valence-electron chi connectivity index (χ0n) is 17.2. The van der Waals surface area contributed by atoms with Gasteiger partial charge in [-0.15, -0.1) is 6.58 Å². The van der Waals surface area contributed by atoms with Gasteiger partial charge in [-0.1, -0.05) is 35.9 Å². The summed E-state index contributed by atoms with van der Waals surface area (Å²) < 4.78 is 32.9. The standard InChI is InChI=1S/C23H28N2O4S/c1-3-14-25(30(27,28)22-12-6-18(2)7-13-22)17-19-8-10-20(11-9-19)23(26)24-16-21-5-4-15-29-21/h3,6-13,21H,1,4-5,14-17H2,2H3,(H,24,26)/t21-/m0/s1. The van der Waals surface area contributed by atoms with Crippen LogP contribution in [0, 0.1) is 6.92 Å². The fraction of sp³-hybridized carbons (Fsp3) is 0.348. The quantitative estimate of drug-likeness (QED) is 0.622. The maximum absolute atomic E-state index is 13.0. The number of rotatable bonds is 9. The van der Waals surface area contributed by atoms with Gasteiger partial charge in [0.05, 0.1) is 11.0 Å². The molecule has 2 aromatic rings. The molecule has 30 heavy (non-hydrogen) atoms. The van der Waals surface area contributed by atoms with Crippen molar-refractivity contribution in [2.24, 2.45) is 0 Å². The first kappa shape index (κ1) is 22.2. The number of aryl methyl sites for hydroxylation is 1. The summed E-state index contributed by atoms with van der Waals surface area (Å²) in [6.07, 6.45) is 3.65. The summed E-state index contributed by atoms with van der Waals surface area (Å²) in [5, 5.41) is 2.89. The molecule has 1 saturated heterocycles. The van der Waals surface area contributed by atoms with Crippen molar-refractivity contribution in [3.05, 3.63) is 77.9 Å². The van der Waals surface area contributed by atoms with Gasteiger partial charge in [0, 0.05) is 31.8 Å². The average molecular weight is 429 g/mol. The first-order valence-corrected chi connectivity index (χ1v) is 11.5. The molecule has 0 bridgehead atoms. The molecular weight excluding hydrogens is 400 g/mol. The second-order valence-electron chi connectivity index (χ2n) is 7.44. The highest BCUT2D eigenvalue weighted by atomic mass is 32.2. The van der Waals surface area contributed by atoms with Crippen molar-refractivity contribution in [2.75, 3.05) is 19.7 Å². The summed E-state index contributed by atoms with van der Waals surface area (Å²) in [5.74, 6) is -0.160. The van der Waals surface area contributed by atoms with E-state index < -0.39 is 10.0 Å². The number of benzene rings is 2. The molecule has 3 rings (SSSR count). The molecule has 1 heterocycles. The maximum Gasteiger partial charge on any atom is 0.251 e. The molecule has 0 saturated carbocycles. The minimum atomic E-state index is -3.65. The molecule has 1 aliphatic rings. The smallest absolute Gasteiger partial charge is 0.251 e. The van der Waals surface area contributed by atoms with Crippen LogP contribution in [0.15, 0.2) is 66.1 Å². The van der Waals surface area contributed by atoms with E-state index in [1.54, 1.807) is 54.6 Å². The van der Waals surface area contributed by atoms with Crippen LogP contribution in [0.1, 0.15) is 34.3 Å². The highest BCUT2D eigenvalue weighted by molar-refractivity contribution is 7.89. The van der Waals surface area contributed by atoms with Crippen LogP contribution in [0.2, 0.25) is 0 Å². The van der Waals surface area contributed by atoms with Crippen LogP contribution in [-0.2, 0) is 21.3 Å². The van der Waals surface area contributed by atoms with E-state index >= 15 is 0 Å². The van der Waals surface area contributed by atoms with E-state index in [0.29, 0.717) is 12.1 Å². The van der Waals surface area contributed by atoms with Crippen LogP contribution < -0.4 is 5.32 Å². The van der Waals surface area contributed by atoms with Gasteiger partial charge >= 0.3 is 0 Å². The molecule has 1 atom stereocenters. The summed E-state index contributed by atoms with van der Waals surface area (Å²) in [5.41, 5.74) is 2.33. The van der Waals surface area contributed by atoms with E-state index in [4.69, 9.17) is 4.74 Å². The van der Waals surface area contributed by atoms with Gasteiger partial charge in [-0.2, -0.15) is 4.31 Å². The Labute approximate surface area is 178 Å². The normalized spacial score (nSPS) is 16.5. The zero-order chi connectivity index (χ0) is 21.6. The highest BCUT2D eigenvalue weighted by Crippen LogP contribution is 2.19. The number of hydrogen-bond donors (Lipinski definition) is 1. The molecular formula is C23H28N2O4S. The largest absolute Gasteiger partial charge is 0.376 e. The van der Waals surface area contributed by atoms with Crippen molar-refractivity contribution in [1.82, 2.24) is 9.62 Å². The maximum atomic E-state index is 13.0. The average Bonchev–Trinajstić information content (AvgIpc) is 3.26. The minimum Gasteiger partial charge on any atom is -0.376 e. The second kappa shape index (κ2) is 10.0. The summed E-state index contributed by atoms with van der Waals surface area (Å²) in [6.45, 7) is 7.24. The van der Waals surface area contributed by atoms with Gasteiger partial charge in [-0.05, 0) is 49.6 Å². The summed E-state index contributed by atoms with van der Waals surface area (Å²) >= 11 is 0. The van der Waals surface area contributed by atoms with Crippen LogP contribution >= 0.6 is 0 Å². The Morgan fingerprint density at radius 1 is 1.20 bits per heavy atom. The van der Waals surface area contributed by atoms with Crippen LogP contribution in [-0.4, -0.2) is 44.4 Å². The van der Waals surface area contributed by atoms with Gasteiger partial charge in [0.1, 0.15) is 0 Å². The van der Waals surface area contributed by atoms with Crippen molar-refractivity contribution < 1.29 is 17.9 Å². The lowest BCUT2D eigenvalue weighted by Gasteiger charge is -2.21. The third-order valence-corrected chi connectivity index (χ3v) is 6.91. The number of hydrogen-bond acceptors (Lipinski definition) is 4. The third kappa shape index (κ3) is 5.56. The number of nitrogens with zero attached hydrogens (tertiary/aromatic N) is 1. The van der Waals surface area contributed by atoms with Crippen molar-refractivity contribution in [3.8, 4) is 0 Å². The number of carbonyl (C=O) groups excluding carboxylic acids is 1. The first-order valence-electron chi connectivity index (χ1n) is 10.1.